The van der Waals surface area contributed by atoms with Crippen LogP contribution in [0.1, 0.15) is 25.2 Å². The number of aryl methyl sites for hydroxylation is 2. The maximum atomic E-state index is 5.54. The number of nitrogens with two attached hydrogens (primary N) is 1. The molecule has 1 unspecified atom stereocenters. The summed E-state index contributed by atoms with van der Waals surface area (Å²) < 4.78 is 2.07. The fourth-order valence-corrected chi connectivity index (χ4v) is 2.36. The third kappa shape index (κ3) is 3.50. The molecule has 0 amide bonds. The van der Waals surface area contributed by atoms with Crippen LogP contribution in [0.4, 0.5) is 0 Å². The van der Waals surface area contributed by atoms with Crippen LogP contribution in [0.3, 0.4) is 0 Å². The number of hydrazine groups is 1. The van der Waals surface area contributed by atoms with E-state index in [0.717, 1.165) is 30.8 Å². The first-order valence-electron chi connectivity index (χ1n) is 5.75. The number of hydrogen-bond acceptors (Lipinski definition) is 4. The van der Waals surface area contributed by atoms with Gasteiger partial charge in [0.1, 0.15) is 0 Å². The second-order valence-electron chi connectivity index (χ2n) is 3.82. The van der Waals surface area contributed by atoms with Gasteiger partial charge >= 0.3 is 0 Å². The standard InChI is InChI=1S/C11H22N4S/c1-4-9-6-11(15(5-2)14-9)7-10(13-12)8-16-3/h6,10,13H,4-5,7-8,12H2,1-3H3. The first-order chi connectivity index (χ1) is 7.74. The van der Waals surface area contributed by atoms with Crippen molar-refractivity contribution in [1.29, 1.82) is 0 Å². The molecule has 0 aliphatic heterocycles. The van der Waals surface area contributed by atoms with Gasteiger partial charge in [0.15, 0.2) is 0 Å². The van der Waals surface area contributed by atoms with Crippen LogP contribution in [-0.2, 0) is 19.4 Å². The summed E-state index contributed by atoms with van der Waals surface area (Å²) in [7, 11) is 0. The van der Waals surface area contributed by atoms with Gasteiger partial charge in [0.25, 0.3) is 0 Å². The molecular formula is C11H22N4S. The van der Waals surface area contributed by atoms with Gasteiger partial charge in [-0.25, -0.2) is 0 Å². The van der Waals surface area contributed by atoms with Gasteiger partial charge in [0.2, 0.25) is 0 Å². The van der Waals surface area contributed by atoms with Crippen molar-refractivity contribution in [3.05, 3.63) is 17.5 Å². The summed E-state index contributed by atoms with van der Waals surface area (Å²) in [6.45, 7) is 5.17. The second-order valence-corrected chi connectivity index (χ2v) is 4.73. The number of hydrogen-bond donors (Lipinski definition) is 2. The Bertz CT molecular complexity index is 311. The number of rotatable bonds is 7. The van der Waals surface area contributed by atoms with Crippen LogP contribution in [0.2, 0.25) is 0 Å². The summed E-state index contributed by atoms with van der Waals surface area (Å²) in [6.07, 6.45) is 4.03. The molecule has 5 heteroatoms. The van der Waals surface area contributed by atoms with Crippen LogP contribution in [-0.4, -0.2) is 27.8 Å². The Balaban J connectivity index is 2.73. The van der Waals surface area contributed by atoms with Crippen molar-refractivity contribution < 1.29 is 0 Å². The average molecular weight is 242 g/mol. The molecule has 16 heavy (non-hydrogen) atoms. The van der Waals surface area contributed by atoms with Crippen LogP contribution in [0.15, 0.2) is 6.07 Å². The Kier molecular flexibility index (Phi) is 5.87. The molecule has 0 spiro atoms. The highest BCUT2D eigenvalue weighted by atomic mass is 32.2. The van der Waals surface area contributed by atoms with E-state index in [1.807, 2.05) is 11.8 Å². The van der Waals surface area contributed by atoms with Gasteiger partial charge in [0.05, 0.1) is 5.69 Å². The summed E-state index contributed by atoms with van der Waals surface area (Å²) in [6, 6.07) is 2.51. The van der Waals surface area contributed by atoms with Gasteiger partial charge in [0, 0.05) is 30.5 Å². The van der Waals surface area contributed by atoms with Crippen molar-refractivity contribution in [3.63, 3.8) is 0 Å². The molecular weight excluding hydrogens is 220 g/mol. The molecule has 0 saturated heterocycles. The minimum Gasteiger partial charge on any atom is -0.271 e. The molecule has 0 saturated carbocycles. The molecule has 0 aliphatic carbocycles. The zero-order valence-corrected chi connectivity index (χ0v) is 11.2. The molecule has 1 aromatic heterocycles. The zero-order chi connectivity index (χ0) is 12.0. The van der Waals surface area contributed by atoms with Crippen molar-refractivity contribution in [2.45, 2.75) is 39.3 Å². The van der Waals surface area contributed by atoms with Gasteiger partial charge < -0.3 is 0 Å². The molecule has 0 aliphatic rings. The molecule has 4 nitrogen and oxygen atoms in total. The summed E-state index contributed by atoms with van der Waals surface area (Å²) in [4.78, 5) is 0. The Labute approximate surface area is 102 Å². The highest BCUT2D eigenvalue weighted by Crippen LogP contribution is 2.10. The fourth-order valence-electron chi connectivity index (χ4n) is 1.75. The molecule has 0 aromatic carbocycles. The van der Waals surface area contributed by atoms with E-state index >= 15 is 0 Å². The van der Waals surface area contributed by atoms with Crippen molar-refractivity contribution in [2.75, 3.05) is 12.0 Å². The fraction of sp³-hybridized carbons (Fsp3) is 0.727. The minimum atomic E-state index is 0.321. The second kappa shape index (κ2) is 6.93. The van der Waals surface area contributed by atoms with E-state index in [1.54, 1.807) is 0 Å². The van der Waals surface area contributed by atoms with Crippen molar-refractivity contribution in [3.8, 4) is 0 Å². The van der Waals surface area contributed by atoms with Crippen molar-refractivity contribution in [1.82, 2.24) is 15.2 Å². The summed E-state index contributed by atoms with van der Waals surface area (Å²) in [5, 5.41) is 4.54. The lowest BCUT2D eigenvalue weighted by Gasteiger charge is -2.14. The van der Waals surface area contributed by atoms with Crippen LogP contribution < -0.4 is 11.3 Å². The van der Waals surface area contributed by atoms with E-state index in [0.29, 0.717) is 6.04 Å². The summed E-state index contributed by atoms with van der Waals surface area (Å²) in [5.74, 6) is 6.57. The predicted octanol–water partition coefficient (Wildman–Crippen LogP) is 1.20. The lowest BCUT2D eigenvalue weighted by Crippen LogP contribution is -2.39. The summed E-state index contributed by atoms with van der Waals surface area (Å²) >= 11 is 1.81. The van der Waals surface area contributed by atoms with Crippen LogP contribution in [0.25, 0.3) is 0 Å². The monoisotopic (exact) mass is 242 g/mol. The Hall–Kier alpha value is -0.520. The Morgan fingerprint density at radius 2 is 2.31 bits per heavy atom. The third-order valence-corrected chi connectivity index (χ3v) is 3.37. The highest BCUT2D eigenvalue weighted by molar-refractivity contribution is 7.98. The SMILES string of the molecule is CCc1cc(CC(CSC)NN)n(CC)n1. The maximum Gasteiger partial charge on any atom is 0.0624 e. The largest absolute Gasteiger partial charge is 0.271 e. The van der Waals surface area contributed by atoms with Gasteiger partial charge in [-0.2, -0.15) is 16.9 Å². The van der Waals surface area contributed by atoms with Crippen LogP contribution >= 0.6 is 11.8 Å². The number of aromatic nitrogens is 2. The molecule has 1 atom stereocenters. The molecule has 0 radical (unpaired) electrons. The first-order valence-corrected chi connectivity index (χ1v) is 7.15. The van der Waals surface area contributed by atoms with E-state index in [2.05, 4.69) is 41.4 Å². The molecule has 1 aromatic rings. The number of thioether (sulfide) groups is 1. The van der Waals surface area contributed by atoms with E-state index in [1.165, 1.54) is 5.69 Å². The van der Waals surface area contributed by atoms with Crippen molar-refractivity contribution >= 4 is 11.8 Å². The maximum absolute atomic E-state index is 5.54. The van der Waals surface area contributed by atoms with Crippen molar-refractivity contribution in [2.24, 2.45) is 5.84 Å². The van der Waals surface area contributed by atoms with E-state index in [4.69, 9.17) is 5.84 Å². The van der Waals surface area contributed by atoms with Gasteiger partial charge in [-0.05, 0) is 25.7 Å². The first kappa shape index (κ1) is 13.5. The highest BCUT2D eigenvalue weighted by Gasteiger charge is 2.12. The minimum absolute atomic E-state index is 0.321. The van der Waals surface area contributed by atoms with E-state index < -0.39 is 0 Å². The molecule has 3 N–H and O–H groups in total. The zero-order valence-electron chi connectivity index (χ0n) is 10.4. The predicted molar refractivity (Wildman–Crippen MR) is 70.5 cm³/mol. The third-order valence-electron chi connectivity index (χ3n) is 2.63. The lowest BCUT2D eigenvalue weighted by atomic mass is 10.1. The quantitative estimate of drug-likeness (QED) is 0.557. The van der Waals surface area contributed by atoms with Crippen LogP contribution in [0, 0.1) is 0 Å². The van der Waals surface area contributed by atoms with Gasteiger partial charge in [-0.15, -0.1) is 0 Å². The van der Waals surface area contributed by atoms with E-state index in [9.17, 15) is 0 Å². The number of nitrogens with one attached hydrogen (secondary N) is 1. The molecule has 0 bridgehead atoms. The Morgan fingerprint density at radius 3 is 2.81 bits per heavy atom. The average Bonchev–Trinajstić information content (AvgIpc) is 2.70. The van der Waals surface area contributed by atoms with E-state index in [-0.39, 0.29) is 0 Å². The van der Waals surface area contributed by atoms with Gasteiger partial charge in [-0.1, -0.05) is 6.92 Å². The molecule has 1 rings (SSSR count). The topological polar surface area (TPSA) is 55.9 Å². The lowest BCUT2D eigenvalue weighted by molar-refractivity contribution is 0.534. The smallest absolute Gasteiger partial charge is 0.0624 e. The van der Waals surface area contributed by atoms with Gasteiger partial charge in [-0.3, -0.25) is 16.0 Å². The number of nitrogens with zero attached hydrogens (tertiary/aromatic N) is 2. The Morgan fingerprint density at radius 1 is 1.56 bits per heavy atom. The molecule has 92 valence electrons. The molecule has 0 fully saturated rings. The normalized spacial score (nSPS) is 13.0. The summed E-state index contributed by atoms with van der Waals surface area (Å²) in [5.41, 5.74) is 5.31. The van der Waals surface area contributed by atoms with Crippen LogP contribution in [0.5, 0.6) is 0 Å². The molecule has 1 heterocycles.